The van der Waals surface area contributed by atoms with Gasteiger partial charge < -0.3 is 15.7 Å². The fourth-order valence-electron chi connectivity index (χ4n) is 0.757. The van der Waals surface area contributed by atoms with Crippen molar-refractivity contribution in [2.24, 2.45) is 5.92 Å². The van der Waals surface area contributed by atoms with Crippen LogP contribution < -0.4 is 10.6 Å². The second-order valence-electron chi connectivity index (χ2n) is 3.08. The van der Waals surface area contributed by atoms with Crippen LogP contribution in [0, 0.1) is 18.3 Å². The number of carboxylic acids is 1. The van der Waals surface area contributed by atoms with Crippen LogP contribution >= 0.6 is 0 Å². The lowest BCUT2D eigenvalue weighted by Gasteiger charge is -2.25. The number of carboxylic acid groups (broad SMARTS) is 1. The van der Waals surface area contributed by atoms with Crippen LogP contribution in [0.3, 0.4) is 0 Å². The number of aliphatic carboxylic acids is 1. The van der Waals surface area contributed by atoms with E-state index in [0.29, 0.717) is 6.54 Å². The largest absolute Gasteiger partial charge is 0.490 e. The van der Waals surface area contributed by atoms with E-state index < -0.39 is 12.1 Å². The van der Waals surface area contributed by atoms with Crippen molar-refractivity contribution >= 4 is 11.9 Å². The Morgan fingerprint density at radius 2 is 1.94 bits per heavy atom. The van der Waals surface area contributed by atoms with Crippen molar-refractivity contribution in [2.75, 3.05) is 19.6 Å². The molecule has 96 valence electrons. The zero-order chi connectivity index (χ0) is 13.5. The highest BCUT2D eigenvalue weighted by atomic mass is 19.4. The van der Waals surface area contributed by atoms with Gasteiger partial charge in [-0.15, -0.1) is 6.42 Å². The average molecular weight is 252 g/mol. The molecule has 0 bridgehead atoms. The summed E-state index contributed by atoms with van der Waals surface area (Å²) in [7, 11) is 0. The van der Waals surface area contributed by atoms with E-state index in [1.807, 2.05) is 0 Å². The summed E-state index contributed by atoms with van der Waals surface area (Å²) < 4.78 is 31.7. The Morgan fingerprint density at radius 1 is 1.47 bits per heavy atom. The predicted molar refractivity (Wildman–Crippen MR) is 51.9 cm³/mol. The Hall–Kier alpha value is -1.75. The van der Waals surface area contributed by atoms with Gasteiger partial charge in [-0.05, 0) is 0 Å². The zero-order valence-corrected chi connectivity index (χ0v) is 8.67. The van der Waals surface area contributed by atoms with E-state index in [9.17, 15) is 18.0 Å². The lowest BCUT2D eigenvalue weighted by molar-refractivity contribution is -0.192. The minimum absolute atomic E-state index is 0.0664. The number of hydrogen-bond acceptors (Lipinski definition) is 3. The normalized spacial score (nSPS) is 14.7. The molecule has 0 aromatic heterocycles. The molecule has 0 atom stereocenters. The Morgan fingerprint density at radius 3 is 2.18 bits per heavy atom. The van der Waals surface area contributed by atoms with Crippen LogP contribution in [0.25, 0.3) is 0 Å². The summed E-state index contributed by atoms with van der Waals surface area (Å²) in [6, 6.07) is 0. The maximum absolute atomic E-state index is 10.9. The van der Waals surface area contributed by atoms with Crippen LogP contribution in [-0.2, 0) is 9.59 Å². The van der Waals surface area contributed by atoms with Crippen molar-refractivity contribution in [3.8, 4) is 12.3 Å². The lowest BCUT2D eigenvalue weighted by atomic mass is 10.0. The summed E-state index contributed by atoms with van der Waals surface area (Å²) in [5, 5.41) is 12.8. The molecule has 0 unspecified atom stereocenters. The maximum Gasteiger partial charge on any atom is 0.490 e. The van der Waals surface area contributed by atoms with Crippen LogP contribution in [0.1, 0.15) is 0 Å². The monoisotopic (exact) mass is 252 g/mol. The molecule has 1 aliphatic heterocycles. The van der Waals surface area contributed by atoms with Crippen LogP contribution in [0.15, 0.2) is 0 Å². The Bertz CT molecular complexity index is 318. The van der Waals surface area contributed by atoms with Crippen LogP contribution in [0.5, 0.6) is 0 Å². The van der Waals surface area contributed by atoms with Gasteiger partial charge in [-0.3, -0.25) is 4.79 Å². The number of carbonyl (C=O) groups is 2. The van der Waals surface area contributed by atoms with E-state index in [1.54, 1.807) is 0 Å². The first kappa shape index (κ1) is 15.2. The third-order valence-corrected chi connectivity index (χ3v) is 1.76. The molecule has 1 aliphatic rings. The molecule has 3 N–H and O–H groups in total. The molecule has 5 nitrogen and oxygen atoms in total. The summed E-state index contributed by atoms with van der Waals surface area (Å²) in [4.78, 5) is 19.8. The molecule has 1 amide bonds. The number of alkyl halides is 3. The molecule has 1 heterocycles. The lowest BCUT2D eigenvalue weighted by Crippen LogP contribution is -2.50. The number of hydrogen-bond donors (Lipinski definition) is 3. The summed E-state index contributed by atoms with van der Waals surface area (Å²) in [5.41, 5.74) is 0. The van der Waals surface area contributed by atoms with Gasteiger partial charge in [-0.2, -0.15) is 13.2 Å². The van der Waals surface area contributed by atoms with Gasteiger partial charge in [0.1, 0.15) is 0 Å². The van der Waals surface area contributed by atoms with Crippen molar-refractivity contribution in [3.63, 3.8) is 0 Å². The SMILES string of the molecule is C#CCNC(=O)C1CNC1.O=C(O)C(F)(F)F. The quantitative estimate of drug-likeness (QED) is 0.584. The number of rotatable bonds is 2. The van der Waals surface area contributed by atoms with Gasteiger partial charge in [0.25, 0.3) is 0 Å². The van der Waals surface area contributed by atoms with E-state index in [0.717, 1.165) is 13.1 Å². The van der Waals surface area contributed by atoms with E-state index in [2.05, 4.69) is 16.6 Å². The number of carbonyl (C=O) groups excluding carboxylic acids is 1. The highest BCUT2D eigenvalue weighted by molar-refractivity contribution is 5.80. The highest BCUT2D eigenvalue weighted by Crippen LogP contribution is 2.13. The van der Waals surface area contributed by atoms with Gasteiger partial charge in [0.2, 0.25) is 5.91 Å². The molecule has 0 spiro atoms. The zero-order valence-electron chi connectivity index (χ0n) is 8.67. The second-order valence-corrected chi connectivity index (χ2v) is 3.08. The van der Waals surface area contributed by atoms with E-state index >= 15 is 0 Å². The number of amides is 1. The molecule has 0 aromatic rings. The van der Waals surface area contributed by atoms with E-state index in [-0.39, 0.29) is 11.8 Å². The molecular formula is C9H11F3N2O3. The van der Waals surface area contributed by atoms with Crippen molar-refractivity contribution in [2.45, 2.75) is 6.18 Å². The van der Waals surface area contributed by atoms with Gasteiger partial charge in [-0.1, -0.05) is 5.92 Å². The first-order valence-corrected chi connectivity index (χ1v) is 4.51. The fraction of sp³-hybridized carbons (Fsp3) is 0.556. The molecule has 1 fully saturated rings. The topological polar surface area (TPSA) is 78.4 Å². The minimum Gasteiger partial charge on any atom is -0.475 e. The molecule has 0 aromatic carbocycles. The maximum atomic E-state index is 10.9. The third-order valence-electron chi connectivity index (χ3n) is 1.76. The van der Waals surface area contributed by atoms with Crippen molar-refractivity contribution < 1.29 is 27.9 Å². The molecule has 8 heteroatoms. The third kappa shape index (κ3) is 6.42. The number of nitrogens with one attached hydrogen (secondary N) is 2. The average Bonchev–Trinajstić information content (AvgIpc) is 2.11. The number of terminal acetylenes is 1. The van der Waals surface area contributed by atoms with Crippen molar-refractivity contribution in [1.82, 2.24) is 10.6 Å². The molecule has 0 aliphatic carbocycles. The molecule has 17 heavy (non-hydrogen) atoms. The first-order valence-electron chi connectivity index (χ1n) is 4.51. The van der Waals surface area contributed by atoms with Crippen molar-refractivity contribution in [3.05, 3.63) is 0 Å². The van der Waals surface area contributed by atoms with Crippen LogP contribution in [0.4, 0.5) is 13.2 Å². The van der Waals surface area contributed by atoms with Gasteiger partial charge in [0.05, 0.1) is 12.5 Å². The molecule has 0 radical (unpaired) electrons. The minimum atomic E-state index is -5.08. The van der Waals surface area contributed by atoms with E-state index in [4.69, 9.17) is 16.3 Å². The van der Waals surface area contributed by atoms with Gasteiger partial charge >= 0.3 is 12.1 Å². The Balaban J connectivity index is 0.000000325. The van der Waals surface area contributed by atoms with Gasteiger partial charge in [0.15, 0.2) is 0 Å². The van der Waals surface area contributed by atoms with Crippen molar-refractivity contribution in [1.29, 1.82) is 0 Å². The summed E-state index contributed by atoms with van der Waals surface area (Å²) in [5.74, 6) is -0.195. The molecule has 1 saturated heterocycles. The number of halogens is 3. The van der Waals surface area contributed by atoms with Crippen LogP contribution in [0.2, 0.25) is 0 Å². The molecule has 1 rings (SSSR count). The second kappa shape index (κ2) is 6.75. The van der Waals surface area contributed by atoms with Crippen LogP contribution in [-0.4, -0.2) is 42.8 Å². The highest BCUT2D eigenvalue weighted by Gasteiger charge is 2.38. The first-order chi connectivity index (χ1) is 7.79. The Kier molecular flexibility index (Phi) is 6.06. The standard InChI is InChI=1S/C7H10N2O.C2HF3O2/c1-2-3-9-7(10)6-4-8-5-6;3-2(4,5)1(6)7/h1,6,8H,3-5H2,(H,9,10);(H,6,7). The van der Waals surface area contributed by atoms with Gasteiger partial charge in [-0.25, -0.2) is 4.79 Å². The molecule has 0 saturated carbocycles. The summed E-state index contributed by atoms with van der Waals surface area (Å²) in [6.07, 6.45) is -0.127. The van der Waals surface area contributed by atoms with Gasteiger partial charge in [0, 0.05) is 13.1 Å². The summed E-state index contributed by atoms with van der Waals surface area (Å²) in [6.45, 7) is 1.92. The fourth-order valence-corrected chi connectivity index (χ4v) is 0.757. The molecular weight excluding hydrogens is 241 g/mol. The predicted octanol–water partition coefficient (Wildman–Crippen LogP) is -0.412. The van der Waals surface area contributed by atoms with E-state index in [1.165, 1.54) is 0 Å². The Labute approximate surface area is 95.4 Å². The summed E-state index contributed by atoms with van der Waals surface area (Å²) >= 11 is 0. The smallest absolute Gasteiger partial charge is 0.475 e.